The van der Waals surface area contributed by atoms with Gasteiger partial charge in [-0.1, -0.05) is 41.0 Å². The highest BCUT2D eigenvalue weighted by atomic mass is 35.5. The number of carbonyl (C=O) groups excluding carboxylic acids is 2. The Morgan fingerprint density at radius 3 is 2.09 bits per heavy atom. The first-order valence-corrected chi connectivity index (χ1v) is 10.3. The number of carbonyl (C=O) groups is 2. The Kier molecular flexibility index (Phi) is 6.37. The van der Waals surface area contributed by atoms with Gasteiger partial charge < -0.3 is 20.5 Å². The van der Waals surface area contributed by atoms with Crippen LogP contribution in [-0.2, 0) is 0 Å². The van der Waals surface area contributed by atoms with E-state index in [2.05, 4.69) is 21.1 Å². The summed E-state index contributed by atoms with van der Waals surface area (Å²) in [6.07, 6.45) is 0. The van der Waals surface area contributed by atoms with Crippen LogP contribution in [-0.4, -0.2) is 17.1 Å². The molecule has 4 rings (SSSR count). The molecule has 3 N–H and O–H groups in total. The zero-order chi connectivity index (χ0) is 23.4. The van der Waals surface area contributed by atoms with Crippen molar-refractivity contribution in [1.82, 2.24) is 5.16 Å². The minimum Gasteiger partial charge on any atom is -0.360 e. The Morgan fingerprint density at radius 2 is 1.45 bits per heavy atom. The second kappa shape index (κ2) is 9.54. The average molecular weight is 465 g/mol. The third-order valence-corrected chi connectivity index (χ3v) is 5.04. The number of nitrogens with one attached hydrogen (secondary N) is 3. The van der Waals surface area contributed by atoms with Crippen molar-refractivity contribution >= 4 is 40.6 Å². The Labute approximate surface area is 193 Å². The van der Waals surface area contributed by atoms with Gasteiger partial charge in [-0.05, 0) is 55.5 Å². The number of urea groups is 1. The Hall–Kier alpha value is -4.17. The minimum absolute atomic E-state index is 0.00913. The van der Waals surface area contributed by atoms with Crippen LogP contribution < -0.4 is 16.0 Å². The second-order valence-corrected chi connectivity index (χ2v) is 7.44. The van der Waals surface area contributed by atoms with Gasteiger partial charge in [0.1, 0.15) is 22.8 Å². The van der Waals surface area contributed by atoms with E-state index in [9.17, 15) is 14.0 Å². The lowest BCUT2D eigenvalue weighted by atomic mass is 10.0. The maximum atomic E-state index is 14.4. The van der Waals surface area contributed by atoms with Gasteiger partial charge in [0.05, 0.1) is 10.6 Å². The van der Waals surface area contributed by atoms with E-state index >= 15 is 0 Å². The molecule has 33 heavy (non-hydrogen) atoms. The predicted molar refractivity (Wildman–Crippen MR) is 125 cm³/mol. The van der Waals surface area contributed by atoms with Gasteiger partial charge in [0.25, 0.3) is 5.91 Å². The highest BCUT2D eigenvalue weighted by Crippen LogP contribution is 2.33. The minimum atomic E-state index is -0.617. The van der Waals surface area contributed by atoms with Crippen LogP contribution in [0.25, 0.3) is 11.3 Å². The molecular weight excluding hydrogens is 447 g/mol. The number of rotatable bonds is 5. The van der Waals surface area contributed by atoms with Crippen LogP contribution in [0.15, 0.2) is 77.3 Å². The number of anilines is 3. The highest BCUT2D eigenvalue weighted by molar-refractivity contribution is 6.33. The monoisotopic (exact) mass is 464 g/mol. The first-order chi connectivity index (χ1) is 15.9. The molecule has 0 spiro atoms. The third-order valence-electron chi connectivity index (χ3n) is 4.72. The van der Waals surface area contributed by atoms with E-state index in [4.69, 9.17) is 16.1 Å². The number of benzene rings is 3. The van der Waals surface area contributed by atoms with Crippen LogP contribution >= 0.6 is 11.6 Å². The molecule has 0 saturated heterocycles. The summed E-state index contributed by atoms with van der Waals surface area (Å²) in [6.45, 7) is 1.55. The summed E-state index contributed by atoms with van der Waals surface area (Å²) >= 11 is 6.13. The summed E-state index contributed by atoms with van der Waals surface area (Å²) in [5.41, 5.74) is 1.73. The number of hydrogen-bond donors (Lipinski definition) is 3. The molecule has 0 aliphatic rings. The molecule has 0 saturated carbocycles. The zero-order valence-electron chi connectivity index (χ0n) is 17.4. The van der Waals surface area contributed by atoms with Crippen LogP contribution in [0.1, 0.15) is 16.1 Å². The van der Waals surface area contributed by atoms with Crippen molar-refractivity contribution in [2.75, 3.05) is 16.0 Å². The first-order valence-electron chi connectivity index (χ1n) is 9.87. The molecule has 0 atom stereocenters. The molecule has 3 amide bonds. The maximum Gasteiger partial charge on any atom is 0.323 e. The fourth-order valence-corrected chi connectivity index (χ4v) is 3.43. The van der Waals surface area contributed by atoms with Crippen molar-refractivity contribution in [3.8, 4) is 11.3 Å². The van der Waals surface area contributed by atoms with Crippen molar-refractivity contribution in [1.29, 1.82) is 0 Å². The Morgan fingerprint density at radius 1 is 0.848 bits per heavy atom. The van der Waals surface area contributed by atoms with Gasteiger partial charge in [0.15, 0.2) is 0 Å². The maximum absolute atomic E-state index is 14.4. The summed E-state index contributed by atoms with van der Waals surface area (Å²) in [5.74, 6) is -0.933. The lowest BCUT2D eigenvalue weighted by Crippen LogP contribution is -2.19. The summed E-state index contributed by atoms with van der Waals surface area (Å²) in [6, 6.07) is 19.3. The van der Waals surface area contributed by atoms with E-state index in [1.165, 1.54) is 18.2 Å². The summed E-state index contributed by atoms with van der Waals surface area (Å²) < 4.78 is 19.5. The van der Waals surface area contributed by atoms with E-state index in [-0.39, 0.29) is 27.6 Å². The van der Waals surface area contributed by atoms with E-state index in [0.29, 0.717) is 17.1 Å². The topological polar surface area (TPSA) is 96.3 Å². The molecule has 0 fully saturated rings. The lowest BCUT2D eigenvalue weighted by Gasteiger charge is -2.10. The molecule has 0 unspecified atom stereocenters. The van der Waals surface area contributed by atoms with Crippen molar-refractivity contribution in [2.24, 2.45) is 0 Å². The summed E-state index contributed by atoms with van der Waals surface area (Å²) in [4.78, 5) is 25.0. The molecule has 9 heteroatoms. The standard InChI is InChI=1S/C24H18ClFN4O3/c1-14-20(22(30-33-14)21-18(25)8-5-9-19(21)26)23(31)27-16-10-12-17(13-11-16)29-24(32)28-15-6-3-2-4-7-15/h2-13H,1H3,(H,27,31)(H2,28,29,32). The van der Waals surface area contributed by atoms with Crippen LogP contribution in [0.4, 0.5) is 26.2 Å². The number of amides is 3. The summed E-state index contributed by atoms with van der Waals surface area (Å²) in [7, 11) is 0. The fourth-order valence-electron chi connectivity index (χ4n) is 3.18. The number of halogens is 2. The first kappa shape index (κ1) is 22.0. The van der Waals surface area contributed by atoms with Gasteiger partial charge in [-0.2, -0.15) is 0 Å². The van der Waals surface area contributed by atoms with Gasteiger partial charge >= 0.3 is 6.03 Å². The lowest BCUT2D eigenvalue weighted by molar-refractivity contribution is 0.102. The van der Waals surface area contributed by atoms with Gasteiger partial charge in [-0.15, -0.1) is 0 Å². The molecule has 3 aromatic carbocycles. The molecule has 0 radical (unpaired) electrons. The normalized spacial score (nSPS) is 10.5. The Bertz CT molecular complexity index is 1290. The number of aromatic nitrogens is 1. The fraction of sp³-hybridized carbons (Fsp3) is 0.0417. The van der Waals surface area contributed by atoms with Crippen molar-refractivity contribution < 1.29 is 18.5 Å². The molecule has 7 nitrogen and oxygen atoms in total. The van der Waals surface area contributed by atoms with E-state index in [1.807, 2.05) is 18.2 Å². The zero-order valence-corrected chi connectivity index (χ0v) is 18.1. The Balaban J connectivity index is 1.47. The van der Waals surface area contributed by atoms with E-state index < -0.39 is 17.8 Å². The van der Waals surface area contributed by atoms with Crippen LogP contribution in [0.2, 0.25) is 5.02 Å². The number of nitrogens with zero attached hydrogens (tertiary/aromatic N) is 1. The quantitative estimate of drug-likeness (QED) is 0.321. The predicted octanol–water partition coefficient (Wildman–Crippen LogP) is 6.34. The molecule has 1 heterocycles. The molecule has 0 bridgehead atoms. The third kappa shape index (κ3) is 5.02. The van der Waals surface area contributed by atoms with E-state index in [0.717, 1.165) is 0 Å². The largest absolute Gasteiger partial charge is 0.360 e. The van der Waals surface area contributed by atoms with Crippen molar-refractivity contribution in [2.45, 2.75) is 6.92 Å². The average Bonchev–Trinajstić information content (AvgIpc) is 3.16. The second-order valence-electron chi connectivity index (χ2n) is 7.04. The van der Waals surface area contributed by atoms with Crippen LogP contribution in [0.3, 0.4) is 0 Å². The summed E-state index contributed by atoms with van der Waals surface area (Å²) in [5, 5.41) is 12.1. The van der Waals surface area contributed by atoms with Crippen LogP contribution in [0.5, 0.6) is 0 Å². The number of aryl methyl sites for hydroxylation is 1. The van der Waals surface area contributed by atoms with Gasteiger partial charge in [-0.25, -0.2) is 9.18 Å². The highest BCUT2D eigenvalue weighted by Gasteiger charge is 2.25. The number of para-hydroxylation sites is 1. The molecule has 1 aromatic heterocycles. The van der Waals surface area contributed by atoms with Gasteiger partial charge in [0.2, 0.25) is 0 Å². The molecule has 166 valence electrons. The smallest absolute Gasteiger partial charge is 0.323 e. The van der Waals surface area contributed by atoms with E-state index in [1.54, 1.807) is 43.3 Å². The van der Waals surface area contributed by atoms with Crippen LogP contribution in [0, 0.1) is 12.7 Å². The SMILES string of the molecule is Cc1onc(-c2c(F)cccc2Cl)c1C(=O)Nc1ccc(NC(=O)Nc2ccccc2)cc1. The van der Waals surface area contributed by atoms with Crippen molar-refractivity contribution in [3.63, 3.8) is 0 Å². The number of hydrogen-bond acceptors (Lipinski definition) is 4. The van der Waals surface area contributed by atoms with Crippen molar-refractivity contribution in [3.05, 3.63) is 95.0 Å². The molecular formula is C24H18ClFN4O3. The molecule has 0 aliphatic heterocycles. The van der Waals surface area contributed by atoms with Gasteiger partial charge in [0, 0.05) is 17.1 Å². The molecule has 0 aliphatic carbocycles. The van der Waals surface area contributed by atoms with Gasteiger partial charge in [-0.3, -0.25) is 4.79 Å². The molecule has 4 aromatic rings.